The highest BCUT2D eigenvalue weighted by Gasteiger charge is 2.13. The van der Waals surface area contributed by atoms with Crippen molar-refractivity contribution in [2.24, 2.45) is 0 Å². The number of benzene rings is 1. The minimum atomic E-state index is -0.461. The topological polar surface area (TPSA) is 95.4 Å². The van der Waals surface area contributed by atoms with Crippen molar-refractivity contribution in [3.63, 3.8) is 0 Å². The summed E-state index contributed by atoms with van der Waals surface area (Å²) in [4.78, 5) is 11.0. The number of ether oxygens (including phenoxy) is 2. The van der Waals surface area contributed by atoms with E-state index in [4.69, 9.17) is 27.0 Å². The van der Waals surface area contributed by atoms with E-state index in [0.717, 1.165) is 0 Å². The molecule has 0 fully saturated rings. The third kappa shape index (κ3) is 3.46. The summed E-state index contributed by atoms with van der Waals surface area (Å²) in [5.41, 5.74) is 5.46. The number of anilines is 1. The summed E-state index contributed by atoms with van der Waals surface area (Å²) in [6, 6.07) is 6.97. The maximum absolute atomic E-state index is 11.0. The summed E-state index contributed by atoms with van der Waals surface area (Å²) in [6.45, 7) is 0.200. The molecule has 1 aliphatic heterocycles. The van der Waals surface area contributed by atoms with Crippen molar-refractivity contribution >= 4 is 28.9 Å². The summed E-state index contributed by atoms with van der Waals surface area (Å²) in [7, 11) is 0. The predicted octanol–water partition coefficient (Wildman–Crippen LogP) is 0.647. The van der Waals surface area contributed by atoms with Crippen molar-refractivity contribution in [3.05, 3.63) is 18.2 Å². The van der Waals surface area contributed by atoms with Gasteiger partial charge in [0.25, 0.3) is 5.91 Å². The van der Waals surface area contributed by atoms with Gasteiger partial charge in [0.2, 0.25) is 6.79 Å². The van der Waals surface area contributed by atoms with Gasteiger partial charge in [0.1, 0.15) is 6.42 Å². The lowest BCUT2D eigenvalue weighted by atomic mass is 10.3. The number of amides is 1. The maximum atomic E-state index is 11.0. The number of nitriles is 1. The van der Waals surface area contributed by atoms with Gasteiger partial charge in [0.05, 0.1) is 6.07 Å². The van der Waals surface area contributed by atoms with Crippen molar-refractivity contribution in [2.45, 2.75) is 6.42 Å². The number of carbonyl (C=O) groups excluding carboxylic acids is 1. The molecule has 0 aliphatic carbocycles. The molecule has 1 aromatic carbocycles. The van der Waals surface area contributed by atoms with E-state index in [1.54, 1.807) is 24.3 Å². The molecule has 1 aliphatic rings. The normalized spacial score (nSPS) is 11.3. The first-order valence-corrected chi connectivity index (χ1v) is 5.72. The van der Waals surface area contributed by atoms with Crippen LogP contribution in [0.5, 0.6) is 11.5 Å². The van der Waals surface area contributed by atoms with Crippen molar-refractivity contribution in [2.75, 3.05) is 12.1 Å². The van der Waals surface area contributed by atoms with Crippen LogP contribution in [0.1, 0.15) is 6.42 Å². The number of thiocarbonyl (C=S) groups is 1. The molecular formula is C11H10N4O3S. The van der Waals surface area contributed by atoms with Crippen LogP contribution in [0.3, 0.4) is 0 Å². The Morgan fingerprint density at radius 2 is 2.16 bits per heavy atom. The minimum absolute atomic E-state index is 0.199. The fourth-order valence-corrected chi connectivity index (χ4v) is 1.55. The average molecular weight is 278 g/mol. The molecule has 0 spiro atoms. The van der Waals surface area contributed by atoms with E-state index >= 15 is 0 Å². The van der Waals surface area contributed by atoms with Crippen LogP contribution < -0.4 is 25.6 Å². The first kappa shape index (κ1) is 12.9. The van der Waals surface area contributed by atoms with Crippen molar-refractivity contribution in [1.82, 2.24) is 10.9 Å². The zero-order valence-electron chi connectivity index (χ0n) is 9.73. The molecule has 0 radical (unpaired) electrons. The first-order valence-electron chi connectivity index (χ1n) is 5.31. The Hall–Kier alpha value is -2.53. The highest BCUT2D eigenvalue weighted by molar-refractivity contribution is 7.80. The second kappa shape index (κ2) is 5.88. The molecule has 0 unspecified atom stereocenters. The van der Waals surface area contributed by atoms with Gasteiger partial charge in [-0.15, -0.1) is 0 Å². The monoisotopic (exact) mass is 278 g/mol. The molecule has 19 heavy (non-hydrogen) atoms. The molecule has 98 valence electrons. The lowest BCUT2D eigenvalue weighted by Crippen LogP contribution is -2.43. The molecule has 7 nitrogen and oxygen atoms in total. The number of hydrogen-bond acceptors (Lipinski definition) is 5. The highest BCUT2D eigenvalue weighted by Crippen LogP contribution is 2.34. The molecule has 1 aromatic rings. The number of hydrazine groups is 1. The summed E-state index contributed by atoms with van der Waals surface area (Å²) in [6.07, 6.45) is -0.236. The minimum Gasteiger partial charge on any atom is -0.454 e. The second-order valence-corrected chi connectivity index (χ2v) is 3.94. The lowest BCUT2D eigenvalue weighted by Gasteiger charge is -2.11. The van der Waals surface area contributed by atoms with Gasteiger partial charge < -0.3 is 14.8 Å². The lowest BCUT2D eigenvalue weighted by molar-refractivity contribution is -0.120. The Balaban J connectivity index is 1.86. The molecular weight excluding hydrogens is 268 g/mol. The summed E-state index contributed by atoms with van der Waals surface area (Å²) in [5.74, 6) is 0.838. The van der Waals surface area contributed by atoms with E-state index < -0.39 is 5.91 Å². The molecule has 0 saturated heterocycles. The molecule has 2 rings (SSSR count). The van der Waals surface area contributed by atoms with Gasteiger partial charge in [-0.25, -0.2) is 0 Å². The van der Waals surface area contributed by atoms with E-state index in [1.807, 2.05) is 0 Å². The van der Waals surface area contributed by atoms with Crippen LogP contribution in [-0.2, 0) is 4.79 Å². The quantitative estimate of drug-likeness (QED) is 0.540. The Kier molecular flexibility index (Phi) is 4.00. The predicted molar refractivity (Wildman–Crippen MR) is 70.3 cm³/mol. The molecule has 1 amide bonds. The van der Waals surface area contributed by atoms with Crippen LogP contribution in [0.4, 0.5) is 5.69 Å². The Morgan fingerprint density at radius 3 is 2.95 bits per heavy atom. The van der Waals surface area contributed by atoms with Crippen molar-refractivity contribution < 1.29 is 14.3 Å². The van der Waals surface area contributed by atoms with E-state index in [-0.39, 0.29) is 18.3 Å². The number of carbonyl (C=O) groups is 1. The van der Waals surface area contributed by atoms with Crippen LogP contribution in [0.25, 0.3) is 0 Å². The van der Waals surface area contributed by atoms with Crippen LogP contribution in [0.15, 0.2) is 18.2 Å². The number of rotatable bonds is 2. The fraction of sp³-hybridized carbons (Fsp3) is 0.182. The third-order valence-electron chi connectivity index (χ3n) is 2.19. The van der Waals surface area contributed by atoms with Crippen LogP contribution >= 0.6 is 12.2 Å². The van der Waals surface area contributed by atoms with E-state index in [0.29, 0.717) is 17.2 Å². The molecule has 0 aromatic heterocycles. The van der Waals surface area contributed by atoms with Gasteiger partial charge in [0.15, 0.2) is 16.6 Å². The molecule has 1 heterocycles. The summed E-state index contributed by atoms with van der Waals surface area (Å²) in [5, 5.41) is 11.4. The van der Waals surface area contributed by atoms with Crippen molar-refractivity contribution in [1.29, 1.82) is 5.26 Å². The molecule has 8 heteroatoms. The smallest absolute Gasteiger partial charge is 0.252 e. The zero-order valence-corrected chi connectivity index (χ0v) is 10.5. The van der Waals surface area contributed by atoms with E-state index in [2.05, 4.69) is 16.2 Å². The first-order chi connectivity index (χ1) is 9.19. The number of nitrogens with one attached hydrogen (secondary N) is 3. The Labute approximate surface area is 114 Å². The number of nitrogens with zero attached hydrogens (tertiary/aromatic N) is 1. The van der Waals surface area contributed by atoms with Crippen LogP contribution in [-0.4, -0.2) is 17.8 Å². The standard InChI is InChI=1S/C11H10N4O3S/c12-4-3-10(16)14-15-11(19)13-7-1-2-8-9(5-7)18-6-17-8/h1-2,5H,3,6H2,(H,14,16)(H2,13,15,19). The maximum Gasteiger partial charge on any atom is 0.252 e. The highest BCUT2D eigenvalue weighted by atomic mass is 32.1. The SMILES string of the molecule is N#CCC(=O)NNC(=S)Nc1ccc2c(c1)OCO2. The van der Waals surface area contributed by atoms with E-state index in [9.17, 15) is 4.79 Å². The zero-order chi connectivity index (χ0) is 13.7. The average Bonchev–Trinajstić information content (AvgIpc) is 2.84. The molecule has 0 atom stereocenters. The fourth-order valence-electron chi connectivity index (χ4n) is 1.38. The molecule has 0 saturated carbocycles. The van der Waals surface area contributed by atoms with Gasteiger partial charge in [-0.05, 0) is 24.4 Å². The molecule has 0 bridgehead atoms. The number of fused-ring (bicyclic) bond motifs is 1. The molecule has 3 N–H and O–H groups in total. The Morgan fingerprint density at radius 1 is 1.37 bits per heavy atom. The van der Waals surface area contributed by atoms with Crippen molar-refractivity contribution in [3.8, 4) is 17.6 Å². The van der Waals surface area contributed by atoms with Crippen LogP contribution in [0, 0.1) is 11.3 Å². The van der Waals surface area contributed by atoms with Gasteiger partial charge in [-0.3, -0.25) is 15.6 Å². The van der Waals surface area contributed by atoms with Gasteiger partial charge in [0, 0.05) is 11.8 Å². The number of hydrogen-bond donors (Lipinski definition) is 3. The summed E-state index contributed by atoms with van der Waals surface area (Å²) < 4.78 is 10.4. The van der Waals surface area contributed by atoms with E-state index in [1.165, 1.54) is 0 Å². The Bertz CT molecular complexity index is 555. The van der Waals surface area contributed by atoms with Gasteiger partial charge in [-0.2, -0.15) is 5.26 Å². The van der Waals surface area contributed by atoms with Crippen LogP contribution in [0.2, 0.25) is 0 Å². The van der Waals surface area contributed by atoms with Gasteiger partial charge in [-0.1, -0.05) is 0 Å². The summed E-state index contributed by atoms with van der Waals surface area (Å²) >= 11 is 4.97. The third-order valence-corrected chi connectivity index (χ3v) is 2.39. The van der Waals surface area contributed by atoms with Gasteiger partial charge >= 0.3 is 0 Å². The second-order valence-electron chi connectivity index (χ2n) is 3.53. The largest absolute Gasteiger partial charge is 0.454 e.